The van der Waals surface area contributed by atoms with Gasteiger partial charge in [0, 0.05) is 12.4 Å². The van der Waals surface area contributed by atoms with E-state index < -0.39 is 0 Å². The molecule has 0 saturated heterocycles. The molecule has 1 aromatic rings. The first-order valence-electron chi connectivity index (χ1n) is 4.67. The Bertz CT molecular complexity index is 208. The van der Waals surface area contributed by atoms with E-state index >= 15 is 0 Å². The zero-order chi connectivity index (χ0) is 8.81. The van der Waals surface area contributed by atoms with E-state index in [0.717, 1.165) is 25.7 Å². The molecule has 1 aromatic heterocycles. The fourth-order valence-corrected chi connectivity index (χ4v) is 1.29. The molecule has 1 rings (SSSR count). The van der Waals surface area contributed by atoms with Crippen molar-refractivity contribution >= 4 is 0 Å². The van der Waals surface area contributed by atoms with E-state index in [1.54, 1.807) is 12.4 Å². The molecule has 0 aliphatic heterocycles. The van der Waals surface area contributed by atoms with Gasteiger partial charge in [-0.15, -0.1) is 0 Å². The average molecular weight is 164 g/mol. The maximum absolute atomic E-state index is 4.32. The monoisotopic (exact) mass is 164 g/mol. The third-order valence-electron chi connectivity index (χ3n) is 1.83. The lowest BCUT2D eigenvalue weighted by Gasteiger charge is -2.03. The second-order valence-electron chi connectivity index (χ2n) is 2.95. The molecule has 0 aliphatic rings. The van der Waals surface area contributed by atoms with E-state index in [4.69, 9.17) is 0 Å². The highest BCUT2D eigenvalue weighted by Crippen LogP contribution is 2.06. The largest absolute Gasteiger partial charge is 0.258 e. The first-order valence-corrected chi connectivity index (χ1v) is 4.67. The predicted octanol–water partition coefficient (Wildman–Crippen LogP) is 2.38. The summed E-state index contributed by atoms with van der Waals surface area (Å²) in [5, 5.41) is 0. The van der Waals surface area contributed by atoms with Crippen LogP contribution in [0.25, 0.3) is 0 Å². The number of hydrogen-bond acceptors (Lipinski definition) is 2. The van der Waals surface area contributed by atoms with Crippen LogP contribution >= 0.6 is 0 Å². The molecule has 0 aromatic carbocycles. The van der Waals surface area contributed by atoms with Crippen LogP contribution in [0.4, 0.5) is 0 Å². The highest BCUT2D eigenvalue weighted by atomic mass is 14.8. The lowest BCUT2D eigenvalue weighted by molar-refractivity contribution is 0.796. The van der Waals surface area contributed by atoms with Crippen LogP contribution in [0.3, 0.4) is 0 Å². The van der Waals surface area contributed by atoms with Crippen molar-refractivity contribution in [1.82, 2.24) is 9.97 Å². The van der Waals surface area contributed by atoms with E-state index in [1.807, 2.05) is 0 Å². The van der Waals surface area contributed by atoms with Gasteiger partial charge >= 0.3 is 0 Å². The van der Waals surface area contributed by atoms with Gasteiger partial charge < -0.3 is 0 Å². The molecule has 0 N–H and O–H groups in total. The van der Waals surface area contributed by atoms with Crippen molar-refractivity contribution in [3.8, 4) is 0 Å². The molecule has 2 nitrogen and oxygen atoms in total. The molecule has 0 unspecified atom stereocenters. The Morgan fingerprint density at radius 1 is 0.917 bits per heavy atom. The number of rotatable bonds is 4. The summed E-state index contributed by atoms with van der Waals surface area (Å²) >= 11 is 0. The maximum Gasteiger partial charge on any atom is 0.0618 e. The SMILES string of the molecule is CCCc1nccnc1CCC. The van der Waals surface area contributed by atoms with Gasteiger partial charge in [0.05, 0.1) is 11.4 Å². The number of nitrogens with zero attached hydrogens (tertiary/aromatic N) is 2. The lowest BCUT2D eigenvalue weighted by atomic mass is 10.1. The molecule has 0 saturated carbocycles. The number of aryl methyl sites for hydroxylation is 2. The first kappa shape index (κ1) is 9.17. The summed E-state index contributed by atoms with van der Waals surface area (Å²) in [6, 6.07) is 0. The van der Waals surface area contributed by atoms with Crippen molar-refractivity contribution in [3.63, 3.8) is 0 Å². The summed E-state index contributed by atoms with van der Waals surface area (Å²) < 4.78 is 0. The molecule has 1 heterocycles. The normalized spacial score (nSPS) is 10.2. The predicted molar refractivity (Wildman–Crippen MR) is 50.0 cm³/mol. The molecule has 0 atom stereocenters. The minimum atomic E-state index is 1.06. The Hall–Kier alpha value is -0.920. The van der Waals surface area contributed by atoms with Gasteiger partial charge in [0.1, 0.15) is 0 Å². The van der Waals surface area contributed by atoms with Crippen molar-refractivity contribution in [2.45, 2.75) is 39.5 Å². The summed E-state index contributed by atoms with van der Waals surface area (Å²) in [6.45, 7) is 4.34. The summed E-state index contributed by atoms with van der Waals surface area (Å²) in [7, 11) is 0. The Morgan fingerprint density at radius 3 is 1.67 bits per heavy atom. The van der Waals surface area contributed by atoms with E-state index in [-0.39, 0.29) is 0 Å². The van der Waals surface area contributed by atoms with Gasteiger partial charge in [0.25, 0.3) is 0 Å². The Kier molecular flexibility index (Phi) is 3.71. The summed E-state index contributed by atoms with van der Waals surface area (Å²) in [4.78, 5) is 8.65. The van der Waals surface area contributed by atoms with Crippen molar-refractivity contribution in [3.05, 3.63) is 23.8 Å². The zero-order valence-corrected chi connectivity index (χ0v) is 7.88. The summed E-state index contributed by atoms with van der Waals surface area (Å²) in [6.07, 6.45) is 7.98. The van der Waals surface area contributed by atoms with Crippen LogP contribution in [0.2, 0.25) is 0 Å². The number of hydrogen-bond donors (Lipinski definition) is 0. The maximum atomic E-state index is 4.32. The smallest absolute Gasteiger partial charge is 0.0618 e. The van der Waals surface area contributed by atoms with Crippen LogP contribution < -0.4 is 0 Å². The molecule has 0 amide bonds. The molecule has 66 valence electrons. The molecule has 0 spiro atoms. The molecular weight excluding hydrogens is 148 g/mol. The van der Waals surface area contributed by atoms with Crippen molar-refractivity contribution in [2.24, 2.45) is 0 Å². The van der Waals surface area contributed by atoms with Gasteiger partial charge in [0.15, 0.2) is 0 Å². The van der Waals surface area contributed by atoms with Gasteiger partial charge in [0.2, 0.25) is 0 Å². The van der Waals surface area contributed by atoms with Crippen molar-refractivity contribution in [1.29, 1.82) is 0 Å². The second kappa shape index (κ2) is 4.86. The summed E-state index contributed by atoms with van der Waals surface area (Å²) in [5.74, 6) is 0. The molecule has 0 aliphatic carbocycles. The molecule has 0 bridgehead atoms. The molecule has 12 heavy (non-hydrogen) atoms. The average Bonchev–Trinajstić information content (AvgIpc) is 2.09. The van der Waals surface area contributed by atoms with Gasteiger partial charge in [-0.2, -0.15) is 0 Å². The third kappa shape index (κ3) is 2.29. The molecule has 0 radical (unpaired) electrons. The van der Waals surface area contributed by atoms with Crippen molar-refractivity contribution < 1.29 is 0 Å². The van der Waals surface area contributed by atoms with Gasteiger partial charge in [-0.3, -0.25) is 9.97 Å². The third-order valence-corrected chi connectivity index (χ3v) is 1.83. The van der Waals surface area contributed by atoms with E-state index in [0.29, 0.717) is 0 Å². The fraction of sp³-hybridized carbons (Fsp3) is 0.600. The Morgan fingerprint density at radius 2 is 1.33 bits per heavy atom. The topological polar surface area (TPSA) is 25.8 Å². The standard InChI is InChI=1S/C10H16N2/c1-3-5-9-10(6-4-2)12-8-7-11-9/h7-8H,3-6H2,1-2H3. The lowest BCUT2D eigenvalue weighted by Crippen LogP contribution is -1.99. The molecule has 2 heteroatoms. The van der Waals surface area contributed by atoms with Crippen LogP contribution in [0.5, 0.6) is 0 Å². The van der Waals surface area contributed by atoms with Crippen LogP contribution in [0.1, 0.15) is 38.1 Å². The molecular formula is C10H16N2. The minimum Gasteiger partial charge on any atom is -0.258 e. The van der Waals surface area contributed by atoms with Gasteiger partial charge in [-0.05, 0) is 12.8 Å². The highest BCUT2D eigenvalue weighted by molar-refractivity contribution is 5.10. The minimum absolute atomic E-state index is 1.06. The Balaban J connectivity index is 2.77. The summed E-state index contributed by atoms with van der Waals surface area (Å²) in [5.41, 5.74) is 2.36. The first-order chi connectivity index (χ1) is 5.88. The van der Waals surface area contributed by atoms with E-state index in [9.17, 15) is 0 Å². The van der Waals surface area contributed by atoms with Crippen LogP contribution in [-0.4, -0.2) is 9.97 Å². The Labute approximate surface area is 74.1 Å². The zero-order valence-electron chi connectivity index (χ0n) is 7.88. The van der Waals surface area contributed by atoms with Crippen LogP contribution in [0.15, 0.2) is 12.4 Å². The van der Waals surface area contributed by atoms with Gasteiger partial charge in [-0.1, -0.05) is 26.7 Å². The quantitative estimate of drug-likeness (QED) is 0.682. The van der Waals surface area contributed by atoms with E-state index in [1.165, 1.54) is 11.4 Å². The highest BCUT2D eigenvalue weighted by Gasteiger charge is 2.01. The van der Waals surface area contributed by atoms with E-state index in [2.05, 4.69) is 23.8 Å². The van der Waals surface area contributed by atoms with Crippen molar-refractivity contribution in [2.75, 3.05) is 0 Å². The van der Waals surface area contributed by atoms with Crippen LogP contribution in [0, 0.1) is 0 Å². The van der Waals surface area contributed by atoms with Gasteiger partial charge in [-0.25, -0.2) is 0 Å². The molecule has 0 fully saturated rings. The van der Waals surface area contributed by atoms with Crippen LogP contribution in [-0.2, 0) is 12.8 Å². The second-order valence-corrected chi connectivity index (χ2v) is 2.95. The fourth-order valence-electron chi connectivity index (χ4n) is 1.29. The number of aromatic nitrogens is 2.